The summed E-state index contributed by atoms with van der Waals surface area (Å²) in [6.45, 7) is 3.82. The van der Waals surface area contributed by atoms with E-state index in [1.807, 2.05) is 31.2 Å². The molecule has 0 saturated heterocycles. The lowest BCUT2D eigenvalue weighted by atomic mass is 10.2. The molecule has 0 aliphatic rings. The Hall–Kier alpha value is -1.55. The van der Waals surface area contributed by atoms with E-state index in [4.69, 9.17) is 9.84 Å². The number of rotatable bonds is 5. The van der Waals surface area contributed by atoms with Crippen LogP contribution in [0.3, 0.4) is 0 Å². The molecule has 0 radical (unpaired) electrons. The van der Waals surface area contributed by atoms with Gasteiger partial charge in [-0.2, -0.15) is 0 Å². The number of hydrogen-bond donors (Lipinski definition) is 2. The second kappa shape index (κ2) is 6.12. The number of hydrogen-bond acceptors (Lipinski definition) is 3. The third kappa shape index (κ3) is 3.90. The molecule has 1 aromatic carbocycles. The van der Waals surface area contributed by atoms with Gasteiger partial charge in [0.05, 0.1) is 6.61 Å². The van der Waals surface area contributed by atoms with E-state index in [9.17, 15) is 4.79 Å². The molecule has 0 aliphatic carbocycles. The smallest absolute Gasteiger partial charge is 0.260 e. The molecule has 88 valence electrons. The van der Waals surface area contributed by atoms with Crippen LogP contribution in [0.2, 0.25) is 0 Å². The summed E-state index contributed by atoms with van der Waals surface area (Å²) in [5.41, 5.74) is 1.08. The van der Waals surface area contributed by atoms with Gasteiger partial charge in [-0.3, -0.25) is 4.79 Å². The topological polar surface area (TPSA) is 58.6 Å². The lowest BCUT2D eigenvalue weighted by Gasteiger charge is -2.14. The number of carbonyl (C=O) groups excluding carboxylic acids is 1. The van der Waals surface area contributed by atoms with Crippen molar-refractivity contribution in [2.45, 2.75) is 20.0 Å². The number of aliphatic hydroxyl groups excluding tert-OH is 1. The average molecular weight is 223 g/mol. The molecule has 1 amide bonds. The van der Waals surface area contributed by atoms with Gasteiger partial charge >= 0.3 is 0 Å². The van der Waals surface area contributed by atoms with E-state index >= 15 is 0 Å². The summed E-state index contributed by atoms with van der Waals surface area (Å²) in [4.78, 5) is 11.4. The van der Waals surface area contributed by atoms with E-state index in [1.54, 1.807) is 6.92 Å². The fourth-order valence-electron chi connectivity index (χ4n) is 1.27. The molecular weight excluding hydrogens is 206 g/mol. The van der Waals surface area contributed by atoms with Gasteiger partial charge in [-0.1, -0.05) is 12.1 Å². The van der Waals surface area contributed by atoms with Crippen LogP contribution in [0.25, 0.3) is 0 Å². The predicted octanol–water partition coefficient (Wildman–Crippen LogP) is 0.871. The van der Waals surface area contributed by atoms with Crippen molar-refractivity contribution in [3.05, 3.63) is 29.8 Å². The summed E-state index contributed by atoms with van der Waals surface area (Å²) in [5.74, 6) is 0.446. The third-order valence-corrected chi connectivity index (χ3v) is 2.08. The maximum Gasteiger partial charge on any atom is 0.260 e. The van der Waals surface area contributed by atoms with E-state index in [0.717, 1.165) is 5.56 Å². The number of aliphatic hydroxyl groups is 1. The molecule has 0 aromatic heterocycles. The van der Waals surface area contributed by atoms with Crippen LogP contribution in [0.5, 0.6) is 5.75 Å². The number of nitrogens with one attached hydrogen (secondary N) is 1. The van der Waals surface area contributed by atoms with Crippen LogP contribution in [-0.2, 0) is 4.79 Å². The molecule has 0 heterocycles. The standard InChI is InChI=1S/C12H17NO3/c1-9-4-3-5-11(8-9)16-10(2)12(15)13-6-7-14/h3-5,8,10,14H,6-7H2,1-2H3,(H,13,15). The van der Waals surface area contributed by atoms with E-state index in [2.05, 4.69) is 5.32 Å². The zero-order valence-corrected chi connectivity index (χ0v) is 9.56. The van der Waals surface area contributed by atoms with Gasteiger partial charge in [0, 0.05) is 6.54 Å². The monoisotopic (exact) mass is 223 g/mol. The number of aryl methyl sites for hydroxylation is 1. The molecule has 0 aliphatic heterocycles. The van der Waals surface area contributed by atoms with Crippen LogP contribution >= 0.6 is 0 Å². The summed E-state index contributed by atoms with van der Waals surface area (Å²) >= 11 is 0. The van der Waals surface area contributed by atoms with Gasteiger partial charge in [0.1, 0.15) is 5.75 Å². The fourth-order valence-corrected chi connectivity index (χ4v) is 1.27. The normalized spacial score (nSPS) is 11.9. The van der Waals surface area contributed by atoms with Gasteiger partial charge in [-0.25, -0.2) is 0 Å². The predicted molar refractivity (Wildman–Crippen MR) is 61.4 cm³/mol. The Labute approximate surface area is 95.2 Å². The zero-order valence-electron chi connectivity index (χ0n) is 9.56. The van der Waals surface area contributed by atoms with Crippen molar-refractivity contribution in [3.63, 3.8) is 0 Å². The molecule has 0 saturated carbocycles. The minimum absolute atomic E-state index is 0.0666. The maximum atomic E-state index is 11.4. The van der Waals surface area contributed by atoms with Crippen LogP contribution < -0.4 is 10.1 Å². The first-order valence-electron chi connectivity index (χ1n) is 5.25. The van der Waals surface area contributed by atoms with Crippen molar-refractivity contribution < 1.29 is 14.6 Å². The summed E-state index contributed by atoms with van der Waals surface area (Å²) in [6, 6.07) is 7.52. The Kier molecular flexibility index (Phi) is 4.79. The van der Waals surface area contributed by atoms with Crippen molar-refractivity contribution in [2.24, 2.45) is 0 Å². The molecule has 4 heteroatoms. The first-order chi connectivity index (χ1) is 7.63. The van der Waals surface area contributed by atoms with Crippen molar-refractivity contribution >= 4 is 5.91 Å². The van der Waals surface area contributed by atoms with E-state index in [0.29, 0.717) is 5.75 Å². The summed E-state index contributed by atoms with van der Waals surface area (Å²) in [5, 5.41) is 11.1. The Morgan fingerprint density at radius 1 is 1.56 bits per heavy atom. The number of benzene rings is 1. The first kappa shape index (κ1) is 12.5. The number of amides is 1. The highest BCUT2D eigenvalue weighted by Gasteiger charge is 2.13. The van der Waals surface area contributed by atoms with Crippen LogP contribution in [0.15, 0.2) is 24.3 Å². The van der Waals surface area contributed by atoms with Crippen LogP contribution in [0.1, 0.15) is 12.5 Å². The van der Waals surface area contributed by atoms with Gasteiger partial charge in [-0.05, 0) is 31.5 Å². The highest BCUT2D eigenvalue weighted by atomic mass is 16.5. The zero-order chi connectivity index (χ0) is 12.0. The first-order valence-corrected chi connectivity index (χ1v) is 5.25. The molecular formula is C12H17NO3. The van der Waals surface area contributed by atoms with Gasteiger partial charge in [-0.15, -0.1) is 0 Å². The highest BCUT2D eigenvalue weighted by Crippen LogP contribution is 2.13. The van der Waals surface area contributed by atoms with Crippen LogP contribution in [0, 0.1) is 6.92 Å². The lowest BCUT2D eigenvalue weighted by molar-refractivity contribution is -0.127. The molecule has 0 bridgehead atoms. The average Bonchev–Trinajstić information content (AvgIpc) is 2.25. The van der Waals surface area contributed by atoms with E-state index < -0.39 is 6.10 Å². The molecule has 1 unspecified atom stereocenters. The summed E-state index contributed by atoms with van der Waals surface area (Å²) < 4.78 is 5.46. The molecule has 4 nitrogen and oxygen atoms in total. The molecule has 16 heavy (non-hydrogen) atoms. The highest BCUT2D eigenvalue weighted by molar-refractivity contribution is 5.80. The van der Waals surface area contributed by atoms with Gasteiger partial charge < -0.3 is 15.2 Å². The van der Waals surface area contributed by atoms with Crippen molar-refractivity contribution in [1.82, 2.24) is 5.32 Å². The Morgan fingerprint density at radius 3 is 2.94 bits per heavy atom. The molecule has 1 atom stereocenters. The molecule has 1 aromatic rings. The summed E-state index contributed by atoms with van der Waals surface area (Å²) in [7, 11) is 0. The van der Waals surface area contributed by atoms with Crippen molar-refractivity contribution in [1.29, 1.82) is 0 Å². The van der Waals surface area contributed by atoms with E-state index in [-0.39, 0.29) is 19.1 Å². The van der Waals surface area contributed by atoms with Crippen LogP contribution in [0.4, 0.5) is 0 Å². The van der Waals surface area contributed by atoms with Gasteiger partial charge in [0.15, 0.2) is 6.10 Å². The molecule has 1 rings (SSSR count). The quantitative estimate of drug-likeness (QED) is 0.778. The van der Waals surface area contributed by atoms with Crippen molar-refractivity contribution in [3.8, 4) is 5.75 Å². The lowest BCUT2D eigenvalue weighted by Crippen LogP contribution is -2.37. The fraction of sp³-hybridized carbons (Fsp3) is 0.417. The largest absolute Gasteiger partial charge is 0.481 e. The SMILES string of the molecule is Cc1cccc(OC(C)C(=O)NCCO)c1. The minimum Gasteiger partial charge on any atom is -0.481 e. The molecule has 2 N–H and O–H groups in total. The molecule has 0 spiro atoms. The Balaban J connectivity index is 2.50. The Bertz CT molecular complexity index is 352. The summed E-state index contributed by atoms with van der Waals surface area (Å²) in [6.07, 6.45) is -0.562. The second-order valence-corrected chi connectivity index (χ2v) is 3.59. The van der Waals surface area contributed by atoms with Gasteiger partial charge in [0.25, 0.3) is 5.91 Å². The van der Waals surface area contributed by atoms with Gasteiger partial charge in [0.2, 0.25) is 0 Å². The number of carbonyl (C=O) groups is 1. The second-order valence-electron chi connectivity index (χ2n) is 3.59. The third-order valence-electron chi connectivity index (χ3n) is 2.08. The number of ether oxygens (including phenoxy) is 1. The Morgan fingerprint density at radius 2 is 2.31 bits per heavy atom. The van der Waals surface area contributed by atoms with Crippen molar-refractivity contribution in [2.75, 3.05) is 13.2 Å². The maximum absolute atomic E-state index is 11.4. The van der Waals surface area contributed by atoms with Crippen LogP contribution in [-0.4, -0.2) is 30.3 Å². The molecule has 0 fully saturated rings. The minimum atomic E-state index is -0.562. The van der Waals surface area contributed by atoms with E-state index in [1.165, 1.54) is 0 Å².